The Bertz CT molecular complexity index is 676. The summed E-state index contributed by atoms with van der Waals surface area (Å²) in [5, 5.41) is 13.7. The first-order chi connectivity index (χ1) is 10.6. The molecule has 1 N–H and O–H groups in total. The van der Waals surface area contributed by atoms with E-state index < -0.39 is 5.97 Å². The van der Waals surface area contributed by atoms with Crippen molar-refractivity contribution in [3.63, 3.8) is 0 Å². The SMILES string of the molecule is O=C([O-])c1ccc(OCCNC(=O)c2ccccc2Cl)cc1.[Na+]. The molecular formula is C16H13ClNNaO4. The van der Waals surface area contributed by atoms with Gasteiger partial charge in [0.25, 0.3) is 5.91 Å². The second-order valence-corrected chi connectivity index (χ2v) is 4.80. The van der Waals surface area contributed by atoms with Crippen LogP contribution in [0.3, 0.4) is 0 Å². The zero-order valence-electron chi connectivity index (χ0n) is 12.5. The first kappa shape index (κ1) is 19.5. The summed E-state index contributed by atoms with van der Waals surface area (Å²) >= 11 is 5.92. The van der Waals surface area contributed by atoms with E-state index in [0.29, 0.717) is 22.9 Å². The van der Waals surface area contributed by atoms with Gasteiger partial charge in [-0.15, -0.1) is 0 Å². The quantitative estimate of drug-likeness (QED) is 0.513. The number of amides is 1. The molecule has 0 fully saturated rings. The maximum atomic E-state index is 11.9. The van der Waals surface area contributed by atoms with E-state index in [1.54, 1.807) is 24.3 Å². The number of carboxylic acid groups (broad SMARTS) is 1. The standard InChI is InChI=1S/C16H14ClNO4.Na/c17-14-4-2-1-3-13(14)15(19)18-9-10-22-12-7-5-11(6-8-12)16(20)21;/h1-8H,9-10H2,(H,18,19)(H,20,21);/q;+1/p-1. The third kappa shape index (κ3) is 5.88. The molecule has 0 heterocycles. The molecule has 0 saturated carbocycles. The second kappa shape index (κ2) is 9.57. The van der Waals surface area contributed by atoms with Crippen LogP contribution < -0.4 is 44.7 Å². The van der Waals surface area contributed by atoms with Crippen molar-refractivity contribution in [1.82, 2.24) is 5.32 Å². The van der Waals surface area contributed by atoms with Gasteiger partial charge in [-0.3, -0.25) is 4.79 Å². The molecule has 2 aromatic carbocycles. The minimum atomic E-state index is -1.24. The topological polar surface area (TPSA) is 78.5 Å². The molecule has 7 heteroatoms. The van der Waals surface area contributed by atoms with Gasteiger partial charge in [0, 0.05) is 0 Å². The van der Waals surface area contributed by atoms with E-state index in [-0.39, 0.29) is 47.6 Å². The van der Waals surface area contributed by atoms with Crippen LogP contribution >= 0.6 is 11.6 Å². The third-order valence-corrected chi connectivity index (χ3v) is 3.19. The van der Waals surface area contributed by atoms with Gasteiger partial charge in [-0.1, -0.05) is 23.7 Å². The number of halogens is 1. The molecule has 0 aliphatic rings. The Morgan fingerprint density at radius 2 is 1.74 bits per heavy atom. The third-order valence-electron chi connectivity index (χ3n) is 2.86. The predicted molar refractivity (Wildman–Crippen MR) is 80.1 cm³/mol. The molecule has 0 radical (unpaired) electrons. The molecule has 114 valence electrons. The number of nitrogens with one attached hydrogen (secondary N) is 1. The fourth-order valence-corrected chi connectivity index (χ4v) is 1.98. The van der Waals surface area contributed by atoms with E-state index in [1.807, 2.05) is 0 Å². The Hall–Kier alpha value is -1.53. The Morgan fingerprint density at radius 1 is 1.09 bits per heavy atom. The summed E-state index contributed by atoms with van der Waals surface area (Å²) in [5.41, 5.74) is 0.488. The summed E-state index contributed by atoms with van der Waals surface area (Å²) in [6.45, 7) is 0.549. The molecule has 0 aromatic heterocycles. The summed E-state index contributed by atoms with van der Waals surface area (Å²) in [6.07, 6.45) is 0. The number of carboxylic acids is 1. The summed E-state index contributed by atoms with van der Waals surface area (Å²) in [7, 11) is 0. The van der Waals surface area contributed by atoms with Crippen LogP contribution in [-0.2, 0) is 0 Å². The van der Waals surface area contributed by atoms with Gasteiger partial charge in [-0.2, -0.15) is 0 Å². The summed E-state index contributed by atoms with van der Waals surface area (Å²) in [5.74, 6) is -1.00. The molecule has 0 aliphatic heterocycles. The zero-order valence-corrected chi connectivity index (χ0v) is 15.3. The molecule has 2 aromatic rings. The molecular weight excluding hydrogens is 329 g/mol. The maximum absolute atomic E-state index is 11.9. The Morgan fingerprint density at radius 3 is 2.35 bits per heavy atom. The summed E-state index contributed by atoms with van der Waals surface area (Å²) in [4.78, 5) is 22.5. The van der Waals surface area contributed by atoms with Gasteiger partial charge in [0.15, 0.2) is 0 Å². The average molecular weight is 342 g/mol. The van der Waals surface area contributed by atoms with Crippen LogP contribution in [-0.4, -0.2) is 25.0 Å². The second-order valence-electron chi connectivity index (χ2n) is 4.40. The number of rotatable bonds is 6. The van der Waals surface area contributed by atoms with E-state index in [1.165, 1.54) is 24.3 Å². The van der Waals surface area contributed by atoms with Crippen LogP contribution in [0.5, 0.6) is 5.75 Å². The Balaban J connectivity index is 0.00000264. The number of benzene rings is 2. The average Bonchev–Trinajstić information content (AvgIpc) is 2.52. The van der Waals surface area contributed by atoms with Crippen LogP contribution in [0.25, 0.3) is 0 Å². The van der Waals surface area contributed by atoms with Crippen molar-refractivity contribution in [2.24, 2.45) is 0 Å². The van der Waals surface area contributed by atoms with Crippen LogP contribution in [0.15, 0.2) is 48.5 Å². The number of hydrogen-bond donors (Lipinski definition) is 1. The first-order valence-electron chi connectivity index (χ1n) is 6.55. The van der Waals surface area contributed by atoms with E-state index in [9.17, 15) is 14.7 Å². The van der Waals surface area contributed by atoms with Crippen molar-refractivity contribution in [2.75, 3.05) is 13.2 Å². The minimum Gasteiger partial charge on any atom is -0.545 e. The molecule has 5 nitrogen and oxygen atoms in total. The van der Waals surface area contributed by atoms with Gasteiger partial charge < -0.3 is 20.0 Å². The largest absolute Gasteiger partial charge is 1.00 e. The zero-order chi connectivity index (χ0) is 15.9. The smallest absolute Gasteiger partial charge is 0.545 e. The molecule has 0 saturated heterocycles. The van der Waals surface area contributed by atoms with E-state index in [4.69, 9.17) is 16.3 Å². The molecule has 0 aliphatic carbocycles. The van der Waals surface area contributed by atoms with E-state index in [0.717, 1.165) is 0 Å². The van der Waals surface area contributed by atoms with Crippen molar-refractivity contribution >= 4 is 23.5 Å². The van der Waals surface area contributed by atoms with Crippen molar-refractivity contribution < 1.29 is 49.0 Å². The van der Waals surface area contributed by atoms with Gasteiger partial charge in [0.2, 0.25) is 0 Å². The van der Waals surface area contributed by atoms with Gasteiger partial charge >= 0.3 is 29.6 Å². The normalized spacial score (nSPS) is 9.61. The van der Waals surface area contributed by atoms with Crippen LogP contribution in [0, 0.1) is 0 Å². The molecule has 1 amide bonds. The molecule has 0 bridgehead atoms. The minimum absolute atomic E-state index is 0. The summed E-state index contributed by atoms with van der Waals surface area (Å²) < 4.78 is 5.40. The van der Waals surface area contributed by atoms with Crippen molar-refractivity contribution in [1.29, 1.82) is 0 Å². The number of hydrogen-bond acceptors (Lipinski definition) is 4. The number of ether oxygens (including phenoxy) is 1. The van der Waals surface area contributed by atoms with Gasteiger partial charge in [0.1, 0.15) is 12.4 Å². The molecule has 0 unspecified atom stereocenters. The predicted octanol–water partition coefficient (Wildman–Crippen LogP) is -1.48. The fourth-order valence-electron chi connectivity index (χ4n) is 1.76. The van der Waals surface area contributed by atoms with E-state index >= 15 is 0 Å². The number of aromatic carboxylic acids is 1. The Kier molecular flexibility index (Phi) is 8.12. The molecule has 23 heavy (non-hydrogen) atoms. The van der Waals surface area contributed by atoms with Gasteiger partial charge in [-0.05, 0) is 42.0 Å². The molecule has 0 spiro atoms. The van der Waals surface area contributed by atoms with E-state index in [2.05, 4.69) is 5.32 Å². The summed E-state index contributed by atoms with van der Waals surface area (Å²) in [6, 6.07) is 12.6. The van der Waals surface area contributed by atoms with Crippen molar-refractivity contribution in [3.05, 3.63) is 64.7 Å². The van der Waals surface area contributed by atoms with Crippen LogP contribution in [0.4, 0.5) is 0 Å². The van der Waals surface area contributed by atoms with Crippen molar-refractivity contribution in [3.8, 4) is 5.75 Å². The maximum Gasteiger partial charge on any atom is 1.00 e. The fraction of sp³-hybridized carbons (Fsp3) is 0.125. The van der Waals surface area contributed by atoms with Gasteiger partial charge in [0.05, 0.1) is 23.1 Å². The van der Waals surface area contributed by atoms with Crippen LogP contribution in [0.1, 0.15) is 20.7 Å². The molecule has 2 rings (SSSR count). The Labute approximate surface area is 160 Å². The number of carbonyl (C=O) groups excluding carboxylic acids is 2. The molecule has 0 atom stereocenters. The van der Waals surface area contributed by atoms with Crippen LogP contribution in [0.2, 0.25) is 5.02 Å². The first-order valence-corrected chi connectivity index (χ1v) is 6.92. The van der Waals surface area contributed by atoms with Gasteiger partial charge in [-0.25, -0.2) is 0 Å². The number of carbonyl (C=O) groups is 2. The monoisotopic (exact) mass is 341 g/mol. The van der Waals surface area contributed by atoms with Crippen molar-refractivity contribution in [2.45, 2.75) is 0 Å².